The standard InChI is InChI=1S/C18H21ClN4O2/c19-16-9-15(4-3-13(16)10-20)21-17(24)11-23-7-5-14(6-8-23)22-18(25)12-1-2-12/h3-4,9,12,14H,1-2,5-8,11H2,(H,21,24)(H,22,25). The largest absolute Gasteiger partial charge is 0.353 e. The quantitative estimate of drug-likeness (QED) is 0.842. The molecule has 1 saturated heterocycles. The molecule has 1 aliphatic heterocycles. The predicted molar refractivity (Wildman–Crippen MR) is 95.1 cm³/mol. The molecule has 1 saturated carbocycles. The van der Waals surface area contributed by atoms with Crippen molar-refractivity contribution in [3.05, 3.63) is 28.8 Å². The molecule has 0 unspecified atom stereocenters. The van der Waals surface area contributed by atoms with Gasteiger partial charge in [0.05, 0.1) is 17.1 Å². The fourth-order valence-corrected chi connectivity index (χ4v) is 3.21. The number of benzene rings is 1. The highest BCUT2D eigenvalue weighted by Gasteiger charge is 2.31. The topological polar surface area (TPSA) is 85.2 Å². The molecule has 2 N–H and O–H groups in total. The van der Waals surface area contributed by atoms with Gasteiger partial charge in [0.1, 0.15) is 6.07 Å². The molecule has 6 nitrogen and oxygen atoms in total. The number of halogens is 1. The van der Waals surface area contributed by atoms with Gasteiger partial charge in [-0.15, -0.1) is 0 Å². The zero-order valence-corrected chi connectivity index (χ0v) is 14.7. The number of carbonyl (C=O) groups excluding carboxylic acids is 2. The molecule has 1 aromatic rings. The van der Waals surface area contributed by atoms with E-state index in [1.807, 2.05) is 6.07 Å². The molecule has 0 bridgehead atoms. The molecule has 0 radical (unpaired) electrons. The lowest BCUT2D eigenvalue weighted by Crippen LogP contribution is -2.46. The van der Waals surface area contributed by atoms with Crippen molar-refractivity contribution in [1.82, 2.24) is 10.2 Å². The highest BCUT2D eigenvalue weighted by atomic mass is 35.5. The van der Waals surface area contributed by atoms with Gasteiger partial charge in [-0.05, 0) is 43.9 Å². The summed E-state index contributed by atoms with van der Waals surface area (Å²) in [7, 11) is 0. The Labute approximate surface area is 152 Å². The zero-order valence-electron chi connectivity index (χ0n) is 13.9. The van der Waals surface area contributed by atoms with Gasteiger partial charge in [0.2, 0.25) is 11.8 Å². The number of nitrogens with one attached hydrogen (secondary N) is 2. The molecule has 1 aliphatic carbocycles. The van der Waals surface area contributed by atoms with E-state index < -0.39 is 0 Å². The molecule has 3 rings (SSSR count). The Morgan fingerprint density at radius 3 is 2.56 bits per heavy atom. The van der Waals surface area contributed by atoms with Gasteiger partial charge in [-0.1, -0.05) is 11.6 Å². The first-order valence-corrected chi connectivity index (χ1v) is 8.95. The minimum Gasteiger partial charge on any atom is -0.353 e. The second-order valence-electron chi connectivity index (χ2n) is 6.69. The van der Waals surface area contributed by atoms with Crippen LogP contribution in [0.5, 0.6) is 0 Å². The number of hydrogen-bond acceptors (Lipinski definition) is 4. The van der Waals surface area contributed by atoms with Crippen molar-refractivity contribution in [2.24, 2.45) is 5.92 Å². The maximum atomic E-state index is 12.2. The second kappa shape index (κ2) is 7.85. The third-order valence-corrected chi connectivity index (χ3v) is 4.94. The summed E-state index contributed by atoms with van der Waals surface area (Å²) in [4.78, 5) is 26.0. The SMILES string of the molecule is N#Cc1ccc(NC(=O)CN2CCC(NC(=O)C3CC3)CC2)cc1Cl. The molecule has 132 valence electrons. The monoisotopic (exact) mass is 360 g/mol. The van der Waals surface area contributed by atoms with E-state index in [-0.39, 0.29) is 23.8 Å². The van der Waals surface area contributed by atoms with Gasteiger partial charge in [0, 0.05) is 30.7 Å². The van der Waals surface area contributed by atoms with Crippen LogP contribution in [0.3, 0.4) is 0 Å². The number of carbonyl (C=O) groups is 2. The normalized spacial score (nSPS) is 18.4. The minimum absolute atomic E-state index is 0.110. The first-order chi connectivity index (χ1) is 12.0. The number of likely N-dealkylation sites (tertiary alicyclic amines) is 1. The minimum atomic E-state index is -0.110. The van der Waals surface area contributed by atoms with E-state index in [2.05, 4.69) is 15.5 Å². The van der Waals surface area contributed by atoms with Crippen molar-refractivity contribution >= 4 is 29.1 Å². The van der Waals surface area contributed by atoms with Crippen LogP contribution in [-0.2, 0) is 9.59 Å². The summed E-state index contributed by atoms with van der Waals surface area (Å²) in [5.74, 6) is 0.318. The third-order valence-electron chi connectivity index (χ3n) is 4.62. The Bertz CT molecular complexity index is 704. The summed E-state index contributed by atoms with van der Waals surface area (Å²) in [6.07, 6.45) is 3.78. The third kappa shape index (κ3) is 4.94. The Kier molecular flexibility index (Phi) is 5.57. The Morgan fingerprint density at radius 1 is 1.24 bits per heavy atom. The predicted octanol–water partition coefficient (Wildman–Crippen LogP) is 2.14. The van der Waals surface area contributed by atoms with E-state index >= 15 is 0 Å². The van der Waals surface area contributed by atoms with Crippen LogP contribution in [0.4, 0.5) is 5.69 Å². The Morgan fingerprint density at radius 2 is 1.96 bits per heavy atom. The fourth-order valence-electron chi connectivity index (χ4n) is 2.99. The van der Waals surface area contributed by atoms with Crippen LogP contribution in [0.1, 0.15) is 31.2 Å². The fraction of sp³-hybridized carbons (Fsp3) is 0.500. The highest BCUT2D eigenvalue weighted by Crippen LogP contribution is 2.29. The van der Waals surface area contributed by atoms with E-state index in [0.717, 1.165) is 38.8 Å². The summed E-state index contributed by atoms with van der Waals surface area (Å²) in [5.41, 5.74) is 0.968. The van der Waals surface area contributed by atoms with Crippen molar-refractivity contribution in [3.63, 3.8) is 0 Å². The molecular formula is C18H21ClN4O2. The molecule has 1 aromatic carbocycles. The molecule has 2 aliphatic rings. The van der Waals surface area contributed by atoms with E-state index in [0.29, 0.717) is 22.8 Å². The van der Waals surface area contributed by atoms with Crippen LogP contribution in [0.2, 0.25) is 5.02 Å². The van der Waals surface area contributed by atoms with E-state index in [1.165, 1.54) is 0 Å². The smallest absolute Gasteiger partial charge is 0.238 e. The molecule has 7 heteroatoms. The van der Waals surface area contributed by atoms with Gasteiger partial charge in [-0.2, -0.15) is 5.26 Å². The van der Waals surface area contributed by atoms with E-state index in [4.69, 9.17) is 16.9 Å². The lowest BCUT2D eigenvalue weighted by molar-refractivity contribution is -0.123. The lowest BCUT2D eigenvalue weighted by atomic mass is 10.0. The number of nitrogens with zero attached hydrogens (tertiary/aromatic N) is 2. The van der Waals surface area contributed by atoms with Crippen LogP contribution in [0.25, 0.3) is 0 Å². The van der Waals surface area contributed by atoms with Gasteiger partial charge in [0.15, 0.2) is 0 Å². The van der Waals surface area contributed by atoms with Crippen LogP contribution < -0.4 is 10.6 Å². The molecule has 0 atom stereocenters. The van der Waals surface area contributed by atoms with Gasteiger partial charge < -0.3 is 10.6 Å². The Hall–Kier alpha value is -2.10. The molecule has 25 heavy (non-hydrogen) atoms. The number of nitriles is 1. The van der Waals surface area contributed by atoms with Crippen molar-refractivity contribution in [2.75, 3.05) is 25.0 Å². The molecule has 2 fully saturated rings. The first-order valence-electron chi connectivity index (χ1n) is 8.57. The lowest BCUT2D eigenvalue weighted by Gasteiger charge is -2.31. The van der Waals surface area contributed by atoms with Crippen LogP contribution in [0.15, 0.2) is 18.2 Å². The molecular weight excluding hydrogens is 340 g/mol. The first kappa shape index (κ1) is 17.7. The summed E-state index contributed by atoms with van der Waals surface area (Å²) in [6.45, 7) is 1.88. The number of piperidine rings is 1. The molecule has 0 aromatic heterocycles. The van der Waals surface area contributed by atoms with Crippen LogP contribution in [0, 0.1) is 17.2 Å². The van der Waals surface area contributed by atoms with Gasteiger partial charge >= 0.3 is 0 Å². The molecule has 0 spiro atoms. The van der Waals surface area contributed by atoms with Crippen molar-refractivity contribution < 1.29 is 9.59 Å². The number of anilines is 1. The number of hydrogen-bond donors (Lipinski definition) is 2. The number of rotatable bonds is 5. The summed E-state index contributed by atoms with van der Waals surface area (Å²) in [5, 5.41) is 15.1. The van der Waals surface area contributed by atoms with Gasteiger partial charge in [0.25, 0.3) is 0 Å². The number of amides is 2. The van der Waals surface area contributed by atoms with Crippen molar-refractivity contribution in [2.45, 2.75) is 31.7 Å². The van der Waals surface area contributed by atoms with E-state index in [1.54, 1.807) is 18.2 Å². The summed E-state index contributed by atoms with van der Waals surface area (Å²) in [6, 6.07) is 7.05. The molecule has 2 amide bonds. The molecule has 1 heterocycles. The van der Waals surface area contributed by atoms with Crippen molar-refractivity contribution in [1.29, 1.82) is 5.26 Å². The summed E-state index contributed by atoms with van der Waals surface area (Å²) >= 11 is 5.97. The zero-order chi connectivity index (χ0) is 17.8. The van der Waals surface area contributed by atoms with Gasteiger partial charge in [-0.3, -0.25) is 14.5 Å². The average Bonchev–Trinajstić information content (AvgIpc) is 3.42. The van der Waals surface area contributed by atoms with Gasteiger partial charge in [-0.25, -0.2) is 0 Å². The summed E-state index contributed by atoms with van der Waals surface area (Å²) < 4.78 is 0. The van der Waals surface area contributed by atoms with Crippen LogP contribution in [-0.4, -0.2) is 42.4 Å². The van der Waals surface area contributed by atoms with Crippen molar-refractivity contribution in [3.8, 4) is 6.07 Å². The van der Waals surface area contributed by atoms with E-state index in [9.17, 15) is 9.59 Å². The maximum Gasteiger partial charge on any atom is 0.238 e. The second-order valence-corrected chi connectivity index (χ2v) is 7.10. The van der Waals surface area contributed by atoms with Crippen LogP contribution >= 0.6 is 11.6 Å². The highest BCUT2D eigenvalue weighted by molar-refractivity contribution is 6.32. The average molecular weight is 361 g/mol. The maximum absolute atomic E-state index is 12.2. The Balaban J connectivity index is 1.42.